The van der Waals surface area contributed by atoms with Gasteiger partial charge in [0.1, 0.15) is 0 Å². The van der Waals surface area contributed by atoms with Gasteiger partial charge in [-0.1, -0.05) is 40.0 Å². The molecule has 2 rings (SSSR count). The molecule has 20 heavy (non-hydrogen) atoms. The van der Waals surface area contributed by atoms with E-state index in [1.54, 1.807) is 0 Å². The van der Waals surface area contributed by atoms with Crippen LogP contribution in [0.15, 0.2) is 0 Å². The molecular weight excluding hydrogens is 264 g/mol. The highest BCUT2D eigenvalue weighted by molar-refractivity contribution is 7.99. The van der Waals surface area contributed by atoms with Crippen molar-refractivity contribution in [2.45, 2.75) is 76.8 Å². The smallest absolute Gasteiger partial charge is 0.0335 e. The van der Waals surface area contributed by atoms with Crippen molar-refractivity contribution in [1.82, 2.24) is 10.2 Å². The van der Waals surface area contributed by atoms with E-state index in [1.807, 2.05) is 0 Å². The molecule has 0 aromatic rings. The molecule has 0 unspecified atom stereocenters. The molecule has 0 amide bonds. The monoisotopic (exact) mass is 298 g/mol. The zero-order valence-electron chi connectivity index (χ0n) is 13.8. The fourth-order valence-electron chi connectivity index (χ4n) is 4.11. The zero-order valence-corrected chi connectivity index (χ0v) is 14.7. The van der Waals surface area contributed by atoms with Crippen LogP contribution >= 0.6 is 11.8 Å². The minimum atomic E-state index is 0.375. The molecule has 1 aliphatic carbocycles. The molecule has 0 bridgehead atoms. The van der Waals surface area contributed by atoms with Gasteiger partial charge >= 0.3 is 0 Å². The first-order valence-electron chi connectivity index (χ1n) is 8.78. The Morgan fingerprint density at radius 3 is 2.35 bits per heavy atom. The van der Waals surface area contributed by atoms with Crippen LogP contribution in [0, 0.1) is 0 Å². The van der Waals surface area contributed by atoms with Gasteiger partial charge in [-0.05, 0) is 31.4 Å². The SMILES string of the molecule is CCSCCN1CC(CC)(CC)NCC12CCCCC2. The maximum atomic E-state index is 3.96. The van der Waals surface area contributed by atoms with Crippen molar-refractivity contribution in [3.63, 3.8) is 0 Å². The van der Waals surface area contributed by atoms with Crippen LogP contribution in [0.3, 0.4) is 0 Å². The van der Waals surface area contributed by atoms with Gasteiger partial charge < -0.3 is 5.32 Å². The van der Waals surface area contributed by atoms with Gasteiger partial charge in [0.15, 0.2) is 0 Å². The number of nitrogens with zero attached hydrogens (tertiary/aromatic N) is 1. The lowest BCUT2D eigenvalue weighted by Gasteiger charge is -2.56. The summed E-state index contributed by atoms with van der Waals surface area (Å²) in [4.78, 5) is 2.89. The summed E-state index contributed by atoms with van der Waals surface area (Å²) < 4.78 is 0. The molecule has 0 aromatic carbocycles. The summed E-state index contributed by atoms with van der Waals surface area (Å²) in [5, 5.41) is 3.96. The molecule has 3 heteroatoms. The predicted octanol–water partition coefficient (Wildman–Crippen LogP) is 3.91. The Morgan fingerprint density at radius 2 is 1.75 bits per heavy atom. The first-order valence-corrected chi connectivity index (χ1v) is 9.93. The van der Waals surface area contributed by atoms with Crippen molar-refractivity contribution >= 4 is 11.8 Å². The average Bonchev–Trinajstić information content (AvgIpc) is 2.51. The van der Waals surface area contributed by atoms with Gasteiger partial charge in [-0.2, -0.15) is 11.8 Å². The number of thioether (sulfide) groups is 1. The van der Waals surface area contributed by atoms with Crippen LogP contribution in [-0.4, -0.2) is 47.1 Å². The Balaban J connectivity index is 2.07. The minimum Gasteiger partial charge on any atom is -0.308 e. The standard InChI is InChI=1S/C17H34N2S/c1-4-16(5-2)15-19(12-13-20-6-3)17(14-18-16)10-8-7-9-11-17/h18H,4-15H2,1-3H3. The quantitative estimate of drug-likeness (QED) is 0.749. The Kier molecular flexibility index (Phi) is 6.25. The molecule has 1 spiro atoms. The summed E-state index contributed by atoms with van der Waals surface area (Å²) in [5.74, 6) is 2.56. The summed E-state index contributed by atoms with van der Waals surface area (Å²) >= 11 is 2.10. The maximum Gasteiger partial charge on any atom is 0.0335 e. The molecule has 1 saturated carbocycles. The summed E-state index contributed by atoms with van der Waals surface area (Å²) in [7, 11) is 0. The third kappa shape index (κ3) is 3.53. The Labute approximate surface area is 130 Å². The van der Waals surface area contributed by atoms with Crippen LogP contribution < -0.4 is 5.32 Å². The molecule has 2 fully saturated rings. The molecule has 118 valence electrons. The molecule has 0 atom stereocenters. The molecule has 2 aliphatic rings. The first kappa shape index (κ1) is 16.6. The normalized spacial score (nSPS) is 25.9. The van der Waals surface area contributed by atoms with Gasteiger partial charge in [-0.15, -0.1) is 0 Å². The summed E-state index contributed by atoms with van der Waals surface area (Å²) in [6.45, 7) is 10.8. The number of hydrogen-bond acceptors (Lipinski definition) is 3. The third-order valence-corrected chi connectivity index (χ3v) is 6.68. The van der Waals surface area contributed by atoms with Crippen LogP contribution in [0.5, 0.6) is 0 Å². The van der Waals surface area contributed by atoms with E-state index < -0.39 is 0 Å². The number of nitrogens with one attached hydrogen (secondary N) is 1. The molecule has 1 heterocycles. The molecule has 1 N–H and O–H groups in total. The molecule has 1 aliphatic heterocycles. The van der Waals surface area contributed by atoms with Crippen LogP contribution in [0.2, 0.25) is 0 Å². The van der Waals surface area contributed by atoms with Gasteiger partial charge in [0.2, 0.25) is 0 Å². The van der Waals surface area contributed by atoms with E-state index in [0.717, 1.165) is 0 Å². The number of rotatable bonds is 6. The fraction of sp³-hybridized carbons (Fsp3) is 1.00. The lowest BCUT2D eigenvalue weighted by atomic mass is 9.75. The van der Waals surface area contributed by atoms with Crippen molar-refractivity contribution in [3.05, 3.63) is 0 Å². The second kappa shape index (κ2) is 7.51. The van der Waals surface area contributed by atoms with E-state index >= 15 is 0 Å². The van der Waals surface area contributed by atoms with Crippen LogP contribution in [0.1, 0.15) is 65.7 Å². The lowest BCUT2D eigenvalue weighted by Crippen LogP contribution is -2.70. The second-order valence-corrected chi connectivity index (χ2v) is 8.14. The molecule has 1 saturated heterocycles. The van der Waals surface area contributed by atoms with E-state index in [0.29, 0.717) is 11.1 Å². The Hall–Kier alpha value is 0.270. The largest absolute Gasteiger partial charge is 0.308 e. The van der Waals surface area contributed by atoms with Gasteiger partial charge in [-0.25, -0.2) is 0 Å². The average molecular weight is 299 g/mol. The minimum absolute atomic E-state index is 0.375. The van der Waals surface area contributed by atoms with Gasteiger partial charge in [0.25, 0.3) is 0 Å². The Morgan fingerprint density at radius 1 is 1.05 bits per heavy atom. The summed E-state index contributed by atoms with van der Waals surface area (Å²) in [5.41, 5.74) is 0.861. The summed E-state index contributed by atoms with van der Waals surface area (Å²) in [6, 6.07) is 0. The van der Waals surface area contributed by atoms with Gasteiger partial charge in [0, 0.05) is 36.5 Å². The van der Waals surface area contributed by atoms with Crippen LogP contribution in [0.25, 0.3) is 0 Å². The lowest BCUT2D eigenvalue weighted by molar-refractivity contribution is -0.0173. The topological polar surface area (TPSA) is 15.3 Å². The zero-order chi connectivity index (χ0) is 14.5. The highest BCUT2D eigenvalue weighted by Crippen LogP contribution is 2.38. The van der Waals surface area contributed by atoms with Crippen molar-refractivity contribution in [2.75, 3.05) is 31.1 Å². The summed E-state index contributed by atoms with van der Waals surface area (Å²) in [6.07, 6.45) is 9.68. The fourth-order valence-corrected chi connectivity index (χ4v) is 4.75. The van der Waals surface area contributed by atoms with Crippen molar-refractivity contribution in [2.24, 2.45) is 0 Å². The molecule has 0 radical (unpaired) electrons. The molecular formula is C17H34N2S. The van der Waals surface area contributed by atoms with Crippen molar-refractivity contribution in [3.8, 4) is 0 Å². The van der Waals surface area contributed by atoms with E-state index in [9.17, 15) is 0 Å². The predicted molar refractivity (Wildman–Crippen MR) is 91.7 cm³/mol. The highest BCUT2D eigenvalue weighted by atomic mass is 32.2. The number of hydrogen-bond donors (Lipinski definition) is 1. The van der Waals surface area contributed by atoms with E-state index in [-0.39, 0.29) is 0 Å². The van der Waals surface area contributed by atoms with Gasteiger partial charge in [-0.3, -0.25) is 4.90 Å². The van der Waals surface area contributed by atoms with Crippen LogP contribution in [0.4, 0.5) is 0 Å². The third-order valence-electron chi connectivity index (χ3n) is 5.80. The van der Waals surface area contributed by atoms with E-state index in [2.05, 4.69) is 42.7 Å². The Bertz CT molecular complexity index is 283. The van der Waals surface area contributed by atoms with Crippen molar-refractivity contribution in [1.29, 1.82) is 0 Å². The second-order valence-electron chi connectivity index (χ2n) is 6.74. The van der Waals surface area contributed by atoms with Crippen LogP contribution in [-0.2, 0) is 0 Å². The highest BCUT2D eigenvalue weighted by Gasteiger charge is 2.45. The molecule has 0 aromatic heterocycles. The number of piperazine rings is 1. The molecule has 2 nitrogen and oxygen atoms in total. The van der Waals surface area contributed by atoms with Crippen molar-refractivity contribution < 1.29 is 0 Å². The van der Waals surface area contributed by atoms with E-state index in [1.165, 1.54) is 76.1 Å². The van der Waals surface area contributed by atoms with E-state index in [4.69, 9.17) is 0 Å². The van der Waals surface area contributed by atoms with Gasteiger partial charge in [0.05, 0.1) is 0 Å². The first-order chi connectivity index (χ1) is 9.70. The maximum absolute atomic E-state index is 3.96.